The molecule has 2 fully saturated rings. The maximum Gasteiger partial charge on any atom is 0.319 e. The first-order valence-corrected chi connectivity index (χ1v) is 13.6. The van der Waals surface area contributed by atoms with Crippen LogP contribution in [0.15, 0.2) is 30.5 Å². The normalized spacial score (nSPS) is 18.2. The number of hydrogen-bond acceptors (Lipinski definition) is 8. The van der Waals surface area contributed by atoms with Crippen molar-refractivity contribution in [1.29, 1.82) is 0 Å². The molecule has 0 saturated carbocycles. The van der Waals surface area contributed by atoms with Crippen LogP contribution in [0.4, 0.5) is 14.6 Å². The average molecular weight is 545 g/mol. The quantitative estimate of drug-likeness (QED) is 0.348. The van der Waals surface area contributed by atoms with Crippen LogP contribution in [0.2, 0.25) is 0 Å². The molecule has 0 unspecified atom stereocenters. The van der Waals surface area contributed by atoms with Crippen LogP contribution in [0.5, 0.6) is 11.8 Å². The number of pyridine rings is 1. The fourth-order valence-corrected chi connectivity index (χ4v) is 5.64. The number of phenolic OH excluding ortho intramolecular Hbond substituents is 1. The first kappa shape index (κ1) is 26.2. The molecule has 40 heavy (non-hydrogen) atoms. The van der Waals surface area contributed by atoms with Crippen molar-refractivity contribution in [2.75, 3.05) is 38.3 Å². The largest absolute Gasteiger partial charge is 0.508 e. The van der Waals surface area contributed by atoms with Gasteiger partial charge in [0.05, 0.1) is 10.9 Å². The number of likely N-dealkylation sites (N-methyl/N-ethyl adjacent to an activating group) is 1. The van der Waals surface area contributed by atoms with E-state index in [1.54, 1.807) is 0 Å². The zero-order chi connectivity index (χ0) is 27.8. The Bertz CT molecular complexity index is 1630. The Morgan fingerprint density at radius 3 is 2.83 bits per heavy atom. The van der Waals surface area contributed by atoms with Crippen molar-refractivity contribution < 1.29 is 18.6 Å². The minimum Gasteiger partial charge on any atom is -0.508 e. The number of nitrogens with one attached hydrogen (secondary N) is 1. The van der Waals surface area contributed by atoms with Crippen LogP contribution in [0.3, 0.4) is 0 Å². The zero-order valence-corrected chi connectivity index (χ0v) is 22.3. The summed E-state index contributed by atoms with van der Waals surface area (Å²) in [6.07, 6.45) is 12.3. The molecule has 0 radical (unpaired) electrons. The number of hydrogen-bond donors (Lipinski definition) is 2. The molecule has 8 nitrogen and oxygen atoms in total. The molecule has 6 rings (SSSR count). The van der Waals surface area contributed by atoms with Crippen LogP contribution in [-0.2, 0) is 0 Å². The van der Waals surface area contributed by atoms with Crippen LogP contribution in [0.1, 0.15) is 37.7 Å². The Hall–Kier alpha value is -4.07. The monoisotopic (exact) mass is 544 g/mol. The molecule has 4 aromatic rings. The molecule has 2 aliphatic rings. The number of benzene rings is 2. The second kappa shape index (κ2) is 10.8. The number of fused-ring (bicyclic) bond motifs is 2. The Balaban J connectivity index is 1.53. The highest BCUT2D eigenvalue weighted by atomic mass is 19.1. The standard InChI is InChI=1S/C30H30F2N6O2/c1-3-21-24(31)10-9-18-14-20(39)15-22(25(18)21)27-26(32)28-23(16-33-27)29(38-13-6-4-5-11-34-38)36-30(35-28)40-17-19-8-7-12-37(19)2/h1,9-10,14-16,19,34,39H,4-8,11-13,17H2,2H3/t19-/m0/s1. The lowest BCUT2D eigenvalue weighted by Gasteiger charge is -2.24. The number of anilines is 1. The van der Waals surface area contributed by atoms with E-state index >= 15 is 4.39 Å². The number of rotatable bonds is 5. The van der Waals surface area contributed by atoms with Gasteiger partial charge in [-0.25, -0.2) is 14.2 Å². The lowest BCUT2D eigenvalue weighted by molar-refractivity contribution is 0.188. The van der Waals surface area contributed by atoms with Crippen LogP contribution >= 0.6 is 0 Å². The first-order chi connectivity index (χ1) is 19.4. The van der Waals surface area contributed by atoms with Gasteiger partial charge in [-0.05, 0) is 62.9 Å². The van der Waals surface area contributed by atoms with Crippen LogP contribution < -0.4 is 15.2 Å². The van der Waals surface area contributed by atoms with Gasteiger partial charge in [0.15, 0.2) is 11.6 Å². The minimum absolute atomic E-state index is 0.0194. The molecule has 2 N–H and O–H groups in total. The number of aromatic nitrogens is 3. The summed E-state index contributed by atoms with van der Waals surface area (Å²) >= 11 is 0. The molecule has 0 spiro atoms. The second-order valence-electron chi connectivity index (χ2n) is 10.4. The Labute approximate surface area is 231 Å². The van der Waals surface area contributed by atoms with Gasteiger partial charge in [-0.3, -0.25) is 9.99 Å². The number of terminal acetylenes is 1. The van der Waals surface area contributed by atoms with Crippen molar-refractivity contribution in [3.63, 3.8) is 0 Å². The van der Waals surface area contributed by atoms with E-state index in [9.17, 15) is 9.50 Å². The highest BCUT2D eigenvalue weighted by Crippen LogP contribution is 2.38. The third-order valence-electron chi connectivity index (χ3n) is 7.79. The van der Waals surface area contributed by atoms with E-state index in [0.717, 1.165) is 45.2 Å². The van der Waals surface area contributed by atoms with Gasteiger partial charge in [0, 0.05) is 36.3 Å². The van der Waals surface area contributed by atoms with Crippen molar-refractivity contribution in [2.24, 2.45) is 0 Å². The molecule has 0 amide bonds. The molecule has 2 saturated heterocycles. The fraction of sp³-hybridized carbons (Fsp3) is 0.367. The number of phenols is 1. The summed E-state index contributed by atoms with van der Waals surface area (Å²) in [5.74, 6) is 1.37. The lowest BCUT2D eigenvalue weighted by atomic mass is 9.96. The topological polar surface area (TPSA) is 86.6 Å². The summed E-state index contributed by atoms with van der Waals surface area (Å²) in [5, 5.41) is 13.5. The number of nitrogens with zero attached hydrogens (tertiary/aromatic N) is 5. The minimum atomic E-state index is -0.738. The zero-order valence-electron chi connectivity index (χ0n) is 22.3. The van der Waals surface area contributed by atoms with E-state index in [4.69, 9.17) is 11.2 Å². The molecular formula is C30H30F2N6O2. The highest BCUT2D eigenvalue weighted by Gasteiger charge is 2.26. The molecule has 0 bridgehead atoms. The van der Waals surface area contributed by atoms with E-state index in [0.29, 0.717) is 29.7 Å². The van der Waals surface area contributed by atoms with Crippen molar-refractivity contribution in [1.82, 2.24) is 25.3 Å². The number of halogens is 2. The third kappa shape index (κ3) is 4.76. The van der Waals surface area contributed by atoms with Crippen LogP contribution in [0, 0.1) is 24.0 Å². The van der Waals surface area contributed by atoms with Crippen molar-refractivity contribution in [3.8, 4) is 35.4 Å². The van der Waals surface area contributed by atoms with Crippen molar-refractivity contribution in [2.45, 2.75) is 38.1 Å². The maximum atomic E-state index is 16.5. The van der Waals surface area contributed by atoms with Gasteiger partial charge < -0.3 is 14.7 Å². The predicted molar refractivity (Wildman–Crippen MR) is 150 cm³/mol. The van der Waals surface area contributed by atoms with Crippen LogP contribution in [-0.4, -0.2) is 64.3 Å². The van der Waals surface area contributed by atoms with Gasteiger partial charge in [-0.2, -0.15) is 9.97 Å². The molecule has 1 atom stereocenters. The second-order valence-corrected chi connectivity index (χ2v) is 10.4. The molecule has 10 heteroatoms. The van der Waals surface area contributed by atoms with E-state index in [1.807, 2.05) is 5.01 Å². The molecule has 4 heterocycles. The molecule has 2 aliphatic heterocycles. The average Bonchev–Trinajstić information content (AvgIpc) is 3.17. The van der Waals surface area contributed by atoms with E-state index in [2.05, 4.69) is 38.2 Å². The summed E-state index contributed by atoms with van der Waals surface area (Å²) in [6, 6.07) is 5.81. The number of hydrazine groups is 1. The smallest absolute Gasteiger partial charge is 0.319 e. The highest BCUT2D eigenvalue weighted by molar-refractivity contribution is 6.03. The molecule has 2 aromatic heterocycles. The summed E-state index contributed by atoms with van der Waals surface area (Å²) in [6.45, 7) is 2.83. The fourth-order valence-electron chi connectivity index (χ4n) is 5.64. The van der Waals surface area contributed by atoms with Gasteiger partial charge in [0.2, 0.25) is 0 Å². The van der Waals surface area contributed by atoms with E-state index in [-0.39, 0.29) is 45.5 Å². The summed E-state index contributed by atoms with van der Waals surface area (Å²) in [7, 11) is 2.05. The van der Waals surface area contributed by atoms with E-state index < -0.39 is 11.6 Å². The Kier molecular flexibility index (Phi) is 7.09. The van der Waals surface area contributed by atoms with Crippen molar-refractivity contribution >= 4 is 27.5 Å². The molecular weight excluding hydrogens is 514 g/mol. The summed E-state index contributed by atoms with van der Waals surface area (Å²) < 4.78 is 37.2. The van der Waals surface area contributed by atoms with Gasteiger partial charge in [0.25, 0.3) is 0 Å². The number of likely N-dealkylation sites (tertiary alicyclic amines) is 1. The first-order valence-electron chi connectivity index (χ1n) is 13.6. The van der Waals surface area contributed by atoms with Gasteiger partial charge in [-0.15, -0.1) is 6.42 Å². The Morgan fingerprint density at radius 2 is 2.02 bits per heavy atom. The summed E-state index contributed by atoms with van der Waals surface area (Å²) in [5.41, 5.74) is 3.43. The Morgan fingerprint density at radius 1 is 1.15 bits per heavy atom. The van der Waals surface area contributed by atoms with Gasteiger partial charge in [0.1, 0.15) is 29.4 Å². The molecule has 206 valence electrons. The number of ether oxygens (including phenoxy) is 1. The van der Waals surface area contributed by atoms with Gasteiger partial charge >= 0.3 is 6.01 Å². The lowest BCUT2D eigenvalue weighted by Crippen LogP contribution is -2.38. The molecule has 0 aliphatic carbocycles. The number of aromatic hydroxyl groups is 1. The maximum absolute atomic E-state index is 16.5. The SMILES string of the molecule is C#Cc1c(F)ccc2cc(O)cc(-c3ncc4c(N5CCCCCN5)nc(OC[C@@H]5CCCN5C)nc4c3F)c12. The van der Waals surface area contributed by atoms with E-state index in [1.165, 1.54) is 30.5 Å². The van der Waals surface area contributed by atoms with Crippen LogP contribution in [0.25, 0.3) is 32.9 Å². The third-order valence-corrected chi connectivity index (χ3v) is 7.79. The van der Waals surface area contributed by atoms with Gasteiger partial charge in [-0.1, -0.05) is 18.4 Å². The predicted octanol–water partition coefficient (Wildman–Crippen LogP) is 4.78. The van der Waals surface area contributed by atoms with Crippen molar-refractivity contribution in [3.05, 3.63) is 47.7 Å². The molecule has 2 aromatic carbocycles. The summed E-state index contributed by atoms with van der Waals surface area (Å²) in [4.78, 5) is 15.9.